The van der Waals surface area contributed by atoms with Gasteiger partial charge in [0.05, 0.1) is 0 Å². The molecule has 4 heteroatoms. The zero-order valence-electron chi connectivity index (χ0n) is 9.02. The summed E-state index contributed by atoms with van der Waals surface area (Å²) in [6.07, 6.45) is 3.75. The number of amides is 1. The van der Waals surface area contributed by atoms with E-state index in [1.165, 1.54) is 6.08 Å². The average molecular weight is 220 g/mol. The second kappa shape index (κ2) is 6.63. The fraction of sp³-hybridized carbons (Fsp3) is 0.250. The van der Waals surface area contributed by atoms with Crippen LogP contribution in [0.25, 0.3) is 6.08 Å². The first kappa shape index (κ1) is 12.3. The van der Waals surface area contributed by atoms with Gasteiger partial charge >= 0.3 is 0 Å². The van der Waals surface area contributed by atoms with E-state index in [1.54, 1.807) is 18.2 Å². The molecule has 1 aromatic rings. The van der Waals surface area contributed by atoms with Gasteiger partial charge in [-0.25, -0.2) is 0 Å². The van der Waals surface area contributed by atoms with Crippen molar-refractivity contribution in [3.63, 3.8) is 0 Å². The van der Waals surface area contributed by atoms with E-state index in [-0.39, 0.29) is 12.5 Å². The molecule has 16 heavy (non-hydrogen) atoms. The van der Waals surface area contributed by atoms with E-state index >= 15 is 0 Å². The Kier molecular flexibility index (Phi) is 5.08. The van der Waals surface area contributed by atoms with Crippen molar-refractivity contribution in [2.24, 2.45) is 0 Å². The molecular formula is C12H16N2O2. The van der Waals surface area contributed by atoms with E-state index in [2.05, 4.69) is 5.32 Å². The summed E-state index contributed by atoms with van der Waals surface area (Å²) >= 11 is 0. The number of nitrogen functional groups attached to an aromatic ring is 1. The number of aliphatic hydroxyl groups is 1. The van der Waals surface area contributed by atoms with Crippen LogP contribution in [0.2, 0.25) is 0 Å². The van der Waals surface area contributed by atoms with Crippen molar-refractivity contribution in [3.8, 4) is 0 Å². The van der Waals surface area contributed by atoms with Crippen LogP contribution in [-0.2, 0) is 4.79 Å². The molecule has 0 heterocycles. The van der Waals surface area contributed by atoms with Gasteiger partial charge in [-0.1, -0.05) is 12.1 Å². The molecule has 0 aliphatic heterocycles. The molecule has 0 aliphatic rings. The largest absolute Gasteiger partial charge is 0.399 e. The lowest BCUT2D eigenvalue weighted by Crippen LogP contribution is -2.22. The monoisotopic (exact) mass is 220 g/mol. The molecule has 1 aromatic carbocycles. The molecule has 4 N–H and O–H groups in total. The fourth-order valence-corrected chi connectivity index (χ4v) is 1.13. The summed E-state index contributed by atoms with van der Waals surface area (Å²) in [7, 11) is 0. The number of carbonyl (C=O) groups excluding carboxylic acids is 1. The number of carbonyl (C=O) groups is 1. The van der Waals surface area contributed by atoms with Crippen LogP contribution in [0.4, 0.5) is 5.69 Å². The molecule has 0 atom stereocenters. The minimum atomic E-state index is -0.162. The number of anilines is 1. The van der Waals surface area contributed by atoms with Crippen LogP contribution in [0.15, 0.2) is 30.3 Å². The van der Waals surface area contributed by atoms with Gasteiger partial charge in [-0.3, -0.25) is 4.79 Å². The second-order valence-corrected chi connectivity index (χ2v) is 3.37. The summed E-state index contributed by atoms with van der Waals surface area (Å²) in [5.74, 6) is -0.162. The summed E-state index contributed by atoms with van der Waals surface area (Å²) in [5.41, 5.74) is 7.16. The number of benzene rings is 1. The quantitative estimate of drug-likeness (QED) is 0.390. The maximum atomic E-state index is 11.3. The zero-order valence-corrected chi connectivity index (χ0v) is 9.02. The second-order valence-electron chi connectivity index (χ2n) is 3.37. The molecule has 4 nitrogen and oxygen atoms in total. The normalized spacial score (nSPS) is 10.6. The van der Waals surface area contributed by atoms with Gasteiger partial charge in [0.1, 0.15) is 0 Å². The van der Waals surface area contributed by atoms with Crippen LogP contribution < -0.4 is 11.1 Å². The fourth-order valence-electron chi connectivity index (χ4n) is 1.13. The van der Waals surface area contributed by atoms with Gasteiger partial charge in [-0.15, -0.1) is 0 Å². The van der Waals surface area contributed by atoms with E-state index in [0.29, 0.717) is 18.7 Å². The molecule has 0 saturated heterocycles. The van der Waals surface area contributed by atoms with E-state index in [9.17, 15) is 4.79 Å². The summed E-state index contributed by atoms with van der Waals surface area (Å²) in [4.78, 5) is 11.3. The van der Waals surface area contributed by atoms with E-state index < -0.39 is 0 Å². The van der Waals surface area contributed by atoms with Gasteiger partial charge in [-0.2, -0.15) is 0 Å². The number of rotatable bonds is 5. The zero-order chi connectivity index (χ0) is 11.8. The minimum absolute atomic E-state index is 0.0853. The molecule has 0 aliphatic carbocycles. The lowest BCUT2D eigenvalue weighted by molar-refractivity contribution is -0.116. The maximum Gasteiger partial charge on any atom is 0.244 e. The van der Waals surface area contributed by atoms with E-state index in [0.717, 1.165) is 5.56 Å². The third-order valence-corrected chi connectivity index (χ3v) is 2.00. The lowest BCUT2D eigenvalue weighted by atomic mass is 10.2. The first-order chi connectivity index (χ1) is 7.72. The molecule has 0 aromatic heterocycles. The number of nitrogens with one attached hydrogen (secondary N) is 1. The number of hydrogen-bond donors (Lipinski definition) is 3. The average Bonchev–Trinajstić information content (AvgIpc) is 2.29. The Morgan fingerprint density at radius 1 is 1.38 bits per heavy atom. The molecular weight excluding hydrogens is 204 g/mol. The van der Waals surface area contributed by atoms with Crippen LogP contribution in [0.3, 0.4) is 0 Å². The standard InChI is InChI=1S/C12H16N2O2/c13-11-5-2-10(3-6-11)4-7-12(16)14-8-1-9-15/h2-7,15H,1,8-9,13H2,(H,14,16)/b7-4+. The van der Waals surface area contributed by atoms with Crippen molar-refractivity contribution >= 4 is 17.7 Å². The van der Waals surface area contributed by atoms with Crippen LogP contribution in [0.1, 0.15) is 12.0 Å². The lowest BCUT2D eigenvalue weighted by Gasteiger charge is -1.99. The number of hydrogen-bond acceptors (Lipinski definition) is 3. The number of nitrogens with two attached hydrogens (primary N) is 1. The highest BCUT2D eigenvalue weighted by Crippen LogP contribution is 2.06. The van der Waals surface area contributed by atoms with Crippen molar-refractivity contribution in [2.45, 2.75) is 6.42 Å². The van der Waals surface area contributed by atoms with Crippen LogP contribution in [0.5, 0.6) is 0 Å². The molecule has 0 unspecified atom stereocenters. The molecule has 0 bridgehead atoms. The van der Waals surface area contributed by atoms with Gasteiger partial charge in [0.25, 0.3) is 0 Å². The van der Waals surface area contributed by atoms with E-state index in [1.807, 2.05) is 12.1 Å². The third-order valence-electron chi connectivity index (χ3n) is 2.00. The first-order valence-electron chi connectivity index (χ1n) is 5.14. The van der Waals surface area contributed by atoms with Gasteiger partial charge in [0, 0.05) is 24.9 Å². The first-order valence-corrected chi connectivity index (χ1v) is 5.14. The van der Waals surface area contributed by atoms with Crippen LogP contribution >= 0.6 is 0 Å². The topological polar surface area (TPSA) is 75.4 Å². The smallest absolute Gasteiger partial charge is 0.244 e. The summed E-state index contributed by atoms with van der Waals surface area (Å²) in [6, 6.07) is 7.24. The molecule has 0 radical (unpaired) electrons. The Morgan fingerprint density at radius 3 is 2.69 bits per heavy atom. The molecule has 0 spiro atoms. The Bertz CT molecular complexity index is 358. The number of aliphatic hydroxyl groups excluding tert-OH is 1. The van der Waals surface area contributed by atoms with Gasteiger partial charge < -0.3 is 16.2 Å². The molecule has 1 rings (SSSR count). The van der Waals surface area contributed by atoms with Crippen LogP contribution in [-0.4, -0.2) is 24.2 Å². The minimum Gasteiger partial charge on any atom is -0.399 e. The van der Waals surface area contributed by atoms with Gasteiger partial charge in [0.2, 0.25) is 5.91 Å². The summed E-state index contributed by atoms with van der Waals surface area (Å²) in [6.45, 7) is 0.573. The maximum absolute atomic E-state index is 11.3. The third kappa shape index (κ3) is 4.61. The highest BCUT2D eigenvalue weighted by Gasteiger charge is 1.93. The SMILES string of the molecule is Nc1ccc(/C=C/C(=O)NCCCO)cc1. The summed E-state index contributed by atoms with van der Waals surface area (Å²) < 4.78 is 0. The molecule has 86 valence electrons. The Labute approximate surface area is 94.8 Å². The van der Waals surface area contributed by atoms with Crippen molar-refractivity contribution in [1.82, 2.24) is 5.32 Å². The van der Waals surface area contributed by atoms with Crippen molar-refractivity contribution in [1.29, 1.82) is 0 Å². The van der Waals surface area contributed by atoms with Crippen molar-refractivity contribution in [2.75, 3.05) is 18.9 Å². The Morgan fingerprint density at radius 2 is 2.06 bits per heavy atom. The van der Waals surface area contributed by atoms with Crippen LogP contribution in [0, 0.1) is 0 Å². The molecule has 0 saturated carbocycles. The highest BCUT2D eigenvalue weighted by atomic mass is 16.3. The van der Waals surface area contributed by atoms with Crippen molar-refractivity contribution in [3.05, 3.63) is 35.9 Å². The predicted molar refractivity (Wildman–Crippen MR) is 64.6 cm³/mol. The molecule has 0 fully saturated rings. The highest BCUT2D eigenvalue weighted by molar-refractivity contribution is 5.91. The summed E-state index contributed by atoms with van der Waals surface area (Å²) in [5, 5.41) is 11.2. The predicted octanol–water partition coefficient (Wildman–Crippen LogP) is 0.781. The Balaban J connectivity index is 2.41. The Hall–Kier alpha value is -1.81. The van der Waals surface area contributed by atoms with Gasteiger partial charge in [0.15, 0.2) is 0 Å². The molecule has 1 amide bonds. The van der Waals surface area contributed by atoms with Gasteiger partial charge in [-0.05, 0) is 30.2 Å². The van der Waals surface area contributed by atoms with E-state index in [4.69, 9.17) is 10.8 Å². The van der Waals surface area contributed by atoms with Crippen molar-refractivity contribution < 1.29 is 9.90 Å².